The number of hydrogen-bond donors (Lipinski definition) is 0. The van der Waals surface area contributed by atoms with Crippen LogP contribution in [0.1, 0.15) is 53.3 Å². The molecule has 0 atom stereocenters. The Morgan fingerprint density at radius 3 is 2.25 bits per heavy atom. The summed E-state index contributed by atoms with van der Waals surface area (Å²) in [4.78, 5) is 25.8. The zero-order valence-corrected chi connectivity index (χ0v) is 14.3. The lowest BCUT2D eigenvalue weighted by atomic mass is 9.90. The number of ether oxygens (including phenoxy) is 2. The minimum atomic E-state index is -0.158. The number of unbranched alkanes of at least 4 members (excludes halogenated alkanes) is 3. The second kappa shape index (κ2) is 7.45. The van der Waals surface area contributed by atoms with E-state index in [1.54, 1.807) is 24.3 Å². The zero-order valence-electron chi connectivity index (χ0n) is 14.3. The molecule has 0 saturated carbocycles. The van der Waals surface area contributed by atoms with Crippen molar-refractivity contribution >= 4 is 11.8 Å². The third kappa shape index (κ3) is 3.68. The fourth-order valence-corrected chi connectivity index (χ4v) is 3.12. The summed E-state index contributed by atoms with van der Waals surface area (Å²) >= 11 is 0. The number of rotatable bonds is 9. The van der Waals surface area contributed by atoms with Crippen LogP contribution >= 0.6 is 0 Å². The standard InChI is InChI=1S/C19H25NO4/c1-19(13-24-14-19)12-23-11-7-3-2-6-10-20-17(21)15-8-4-5-9-16(15)18(20)22/h4-5,8-9H,2-3,6-7,10-14H2,1H3. The van der Waals surface area contributed by atoms with E-state index in [-0.39, 0.29) is 17.2 Å². The van der Waals surface area contributed by atoms with Crippen LogP contribution in [0.5, 0.6) is 0 Å². The quantitative estimate of drug-likeness (QED) is 0.516. The third-order valence-electron chi connectivity index (χ3n) is 4.65. The molecule has 0 bridgehead atoms. The maximum Gasteiger partial charge on any atom is 0.261 e. The highest BCUT2D eigenvalue weighted by molar-refractivity contribution is 6.21. The first-order valence-electron chi connectivity index (χ1n) is 8.71. The molecule has 2 aliphatic rings. The monoisotopic (exact) mass is 331 g/mol. The highest BCUT2D eigenvalue weighted by Gasteiger charge is 2.34. The van der Waals surface area contributed by atoms with E-state index in [4.69, 9.17) is 9.47 Å². The van der Waals surface area contributed by atoms with Gasteiger partial charge in [0.15, 0.2) is 0 Å². The fourth-order valence-electron chi connectivity index (χ4n) is 3.12. The van der Waals surface area contributed by atoms with Crippen LogP contribution in [0.2, 0.25) is 0 Å². The largest absolute Gasteiger partial charge is 0.381 e. The molecule has 0 N–H and O–H groups in total. The summed E-state index contributed by atoms with van der Waals surface area (Å²) in [5.74, 6) is -0.315. The van der Waals surface area contributed by atoms with E-state index in [9.17, 15) is 9.59 Å². The first kappa shape index (κ1) is 17.1. The van der Waals surface area contributed by atoms with Crippen molar-refractivity contribution in [1.29, 1.82) is 0 Å². The van der Waals surface area contributed by atoms with Crippen molar-refractivity contribution in [3.8, 4) is 0 Å². The predicted molar refractivity (Wildman–Crippen MR) is 90.0 cm³/mol. The molecule has 1 aromatic carbocycles. The van der Waals surface area contributed by atoms with Gasteiger partial charge in [0.25, 0.3) is 11.8 Å². The molecule has 0 aromatic heterocycles. The Balaban J connectivity index is 1.29. The lowest BCUT2D eigenvalue weighted by Gasteiger charge is -2.37. The van der Waals surface area contributed by atoms with Gasteiger partial charge in [-0.2, -0.15) is 0 Å². The molecule has 2 amide bonds. The summed E-state index contributed by atoms with van der Waals surface area (Å²) in [5.41, 5.74) is 1.28. The molecular weight excluding hydrogens is 306 g/mol. The van der Waals surface area contributed by atoms with E-state index in [1.165, 1.54) is 4.90 Å². The van der Waals surface area contributed by atoms with Crippen molar-refractivity contribution in [3.05, 3.63) is 35.4 Å². The summed E-state index contributed by atoms with van der Waals surface area (Å²) < 4.78 is 10.9. The molecule has 0 spiro atoms. The molecule has 0 radical (unpaired) electrons. The van der Waals surface area contributed by atoms with Gasteiger partial charge in [0.1, 0.15) is 0 Å². The minimum absolute atomic E-state index is 0.158. The Morgan fingerprint density at radius 2 is 1.67 bits per heavy atom. The molecule has 1 fully saturated rings. The number of amides is 2. The Morgan fingerprint density at radius 1 is 1.04 bits per heavy atom. The van der Waals surface area contributed by atoms with Crippen molar-refractivity contribution in [2.75, 3.05) is 33.0 Å². The predicted octanol–water partition coefficient (Wildman–Crippen LogP) is 2.90. The van der Waals surface area contributed by atoms with Crippen LogP contribution in [0.15, 0.2) is 24.3 Å². The molecule has 1 aromatic rings. The summed E-state index contributed by atoms with van der Waals surface area (Å²) in [6.45, 7) is 5.81. The molecule has 5 nitrogen and oxygen atoms in total. The van der Waals surface area contributed by atoms with Gasteiger partial charge in [-0.05, 0) is 25.0 Å². The highest BCUT2D eigenvalue weighted by atomic mass is 16.5. The van der Waals surface area contributed by atoms with Gasteiger partial charge in [-0.15, -0.1) is 0 Å². The zero-order chi connectivity index (χ0) is 17.0. The van der Waals surface area contributed by atoms with Gasteiger partial charge in [-0.1, -0.05) is 31.9 Å². The van der Waals surface area contributed by atoms with Crippen LogP contribution in [-0.4, -0.2) is 49.7 Å². The van der Waals surface area contributed by atoms with E-state index in [1.807, 2.05) is 0 Å². The molecule has 2 heterocycles. The van der Waals surface area contributed by atoms with Gasteiger partial charge < -0.3 is 9.47 Å². The Labute approximate surface area is 142 Å². The Kier molecular flexibility index (Phi) is 5.31. The Bertz CT molecular complexity index is 574. The highest BCUT2D eigenvalue weighted by Crippen LogP contribution is 2.26. The number of imide groups is 1. The molecule has 2 aliphatic heterocycles. The fraction of sp³-hybridized carbons (Fsp3) is 0.579. The number of fused-ring (bicyclic) bond motifs is 1. The number of carbonyl (C=O) groups excluding carboxylic acids is 2. The topological polar surface area (TPSA) is 55.8 Å². The van der Waals surface area contributed by atoms with E-state index >= 15 is 0 Å². The second-order valence-corrected chi connectivity index (χ2v) is 7.08. The number of hydrogen-bond acceptors (Lipinski definition) is 4. The summed E-state index contributed by atoms with van der Waals surface area (Å²) in [6.07, 6.45) is 3.91. The lowest BCUT2D eigenvalue weighted by molar-refractivity contribution is -0.137. The maximum absolute atomic E-state index is 12.2. The molecule has 0 unspecified atom stereocenters. The summed E-state index contributed by atoms with van der Waals surface area (Å²) in [7, 11) is 0. The van der Waals surface area contributed by atoms with Crippen LogP contribution in [0.4, 0.5) is 0 Å². The molecule has 5 heteroatoms. The van der Waals surface area contributed by atoms with Crippen LogP contribution < -0.4 is 0 Å². The van der Waals surface area contributed by atoms with Gasteiger partial charge in [0, 0.05) is 18.6 Å². The number of nitrogens with zero attached hydrogens (tertiary/aromatic N) is 1. The molecule has 130 valence electrons. The van der Waals surface area contributed by atoms with Gasteiger partial charge in [0.05, 0.1) is 30.9 Å². The molecule has 24 heavy (non-hydrogen) atoms. The van der Waals surface area contributed by atoms with Crippen molar-refractivity contribution in [1.82, 2.24) is 4.90 Å². The molecule has 3 rings (SSSR count). The molecule has 0 aliphatic carbocycles. The van der Waals surface area contributed by atoms with Gasteiger partial charge in [-0.25, -0.2) is 0 Å². The van der Waals surface area contributed by atoms with Crippen molar-refractivity contribution < 1.29 is 19.1 Å². The maximum atomic E-state index is 12.2. The smallest absolute Gasteiger partial charge is 0.261 e. The van der Waals surface area contributed by atoms with Crippen LogP contribution in [0, 0.1) is 5.41 Å². The first-order chi connectivity index (χ1) is 11.6. The van der Waals surface area contributed by atoms with Gasteiger partial charge in [-0.3, -0.25) is 14.5 Å². The van der Waals surface area contributed by atoms with Gasteiger partial charge in [0.2, 0.25) is 0 Å². The average molecular weight is 331 g/mol. The third-order valence-corrected chi connectivity index (χ3v) is 4.65. The summed E-state index contributed by atoms with van der Waals surface area (Å²) in [6, 6.07) is 7.04. The van der Waals surface area contributed by atoms with E-state index in [0.717, 1.165) is 52.1 Å². The first-order valence-corrected chi connectivity index (χ1v) is 8.71. The molecular formula is C19H25NO4. The van der Waals surface area contributed by atoms with Crippen molar-refractivity contribution in [2.45, 2.75) is 32.6 Å². The minimum Gasteiger partial charge on any atom is -0.381 e. The van der Waals surface area contributed by atoms with E-state index in [0.29, 0.717) is 17.7 Å². The molecule has 1 saturated heterocycles. The van der Waals surface area contributed by atoms with E-state index in [2.05, 4.69) is 6.92 Å². The van der Waals surface area contributed by atoms with Crippen molar-refractivity contribution in [3.63, 3.8) is 0 Å². The van der Waals surface area contributed by atoms with E-state index < -0.39 is 0 Å². The van der Waals surface area contributed by atoms with Crippen LogP contribution in [-0.2, 0) is 9.47 Å². The van der Waals surface area contributed by atoms with Crippen molar-refractivity contribution in [2.24, 2.45) is 5.41 Å². The second-order valence-electron chi connectivity index (χ2n) is 7.08. The van der Waals surface area contributed by atoms with Crippen LogP contribution in [0.3, 0.4) is 0 Å². The number of carbonyl (C=O) groups is 2. The number of benzene rings is 1. The summed E-state index contributed by atoms with van der Waals surface area (Å²) in [5, 5.41) is 0. The van der Waals surface area contributed by atoms with Gasteiger partial charge >= 0.3 is 0 Å². The Hall–Kier alpha value is -1.72. The average Bonchev–Trinajstić information content (AvgIpc) is 2.80. The SMILES string of the molecule is CC1(COCCCCCCN2C(=O)c3ccccc3C2=O)COC1. The van der Waals surface area contributed by atoms with Crippen LogP contribution in [0.25, 0.3) is 0 Å². The lowest BCUT2D eigenvalue weighted by Crippen LogP contribution is -2.43. The normalized spacial score (nSPS) is 18.6.